The molecule has 0 atom stereocenters. The van der Waals surface area contributed by atoms with Crippen LogP contribution in [0.3, 0.4) is 0 Å². The lowest BCUT2D eigenvalue weighted by atomic mass is 9.80. The molecule has 0 bridgehead atoms. The number of nitrogens with one attached hydrogen (secondary N) is 1. The van der Waals surface area contributed by atoms with Gasteiger partial charge in [-0.1, -0.05) is 56.7 Å². The number of allylic oxidation sites excluding steroid dienone is 1. The van der Waals surface area contributed by atoms with Gasteiger partial charge in [0.15, 0.2) is 5.78 Å². The Hall–Kier alpha value is -2.88. The molecule has 0 unspecified atom stereocenters. The molecule has 34 heavy (non-hydrogen) atoms. The van der Waals surface area contributed by atoms with E-state index in [0.29, 0.717) is 0 Å². The Kier molecular flexibility index (Phi) is 10.6. The molecule has 2 aromatic rings. The Balaban J connectivity index is 0.000000257. The number of carbonyl (C=O) groups excluding carboxylic acids is 2. The van der Waals surface area contributed by atoms with Crippen molar-refractivity contribution in [3.63, 3.8) is 0 Å². The molecule has 4 heteroatoms. The van der Waals surface area contributed by atoms with Crippen molar-refractivity contribution in [3.05, 3.63) is 65.2 Å². The number of aryl methyl sites for hydroxylation is 1. The quantitative estimate of drug-likeness (QED) is 0.429. The van der Waals surface area contributed by atoms with Gasteiger partial charge in [0.05, 0.1) is 7.11 Å². The molecule has 0 spiro atoms. The molecule has 0 saturated heterocycles. The second-order valence-corrected chi connectivity index (χ2v) is 9.32. The third-order valence-electron chi connectivity index (χ3n) is 6.84. The molecule has 1 fully saturated rings. The molecule has 3 rings (SSSR count). The zero-order valence-corrected chi connectivity index (χ0v) is 21.8. The summed E-state index contributed by atoms with van der Waals surface area (Å²) in [5.41, 5.74) is 5.98. The second-order valence-electron chi connectivity index (χ2n) is 9.32. The van der Waals surface area contributed by atoms with Gasteiger partial charge in [-0.05, 0) is 81.5 Å². The summed E-state index contributed by atoms with van der Waals surface area (Å²) >= 11 is 0. The summed E-state index contributed by atoms with van der Waals surface area (Å²) in [6.45, 7) is 13.8. The van der Waals surface area contributed by atoms with Crippen LogP contribution in [-0.2, 0) is 11.2 Å². The summed E-state index contributed by atoms with van der Waals surface area (Å²) in [7, 11) is 1.65. The molecule has 0 radical (unpaired) electrons. The number of methoxy groups -OCH3 is 1. The Labute approximate surface area is 205 Å². The van der Waals surface area contributed by atoms with Gasteiger partial charge in [0.1, 0.15) is 5.75 Å². The lowest BCUT2D eigenvalue weighted by Gasteiger charge is -2.27. The normalized spacial score (nSPS) is 17.2. The average Bonchev–Trinajstić information content (AvgIpc) is 2.84. The number of rotatable bonds is 7. The summed E-state index contributed by atoms with van der Waals surface area (Å²) in [6, 6.07) is 11.6. The van der Waals surface area contributed by atoms with Crippen LogP contribution in [0.5, 0.6) is 5.75 Å². The highest BCUT2D eigenvalue weighted by Gasteiger charge is 2.25. The van der Waals surface area contributed by atoms with Crippen molar-refractivity contribution in [1.82, 2.24) is 0 Å². The van der Waals surface area contributed by atoms with Gasteiger partial charge in [-0.3, -0.25) is 9.59 Å². The number of hydrogen-bond donors (Lipinski definition) is 1. The number of ether oxygens (including phenoxy) is 1. The summed E-state index contributed by atoms with van der Waals surface area (Å²) in [5, 5.41) is 3.03. The van der Waals surface area contributed by atoms with Crippen LogP contribution in [0.15, 0.2) is 43.0 Å². The Morgan fingerprint density at radius 2 is 1.68 bits per heavy atom. The fourth-order valence-electron chi connectivity index (χ4n) is 4.67. The highest BCUT2D eigenvalue weighted by Crippen LogP contribution is 2.32. The molecule has 0 heterocycles. The molecule has 1 aliphatic rings. The van der Waals surface area contributed by atoms with Crippen molar-refractivity contribution in [2.45, 2.75) is 73.1 Å². The third-order valence-corrected chi connectivity index (χ3v) is 6.84. The largest absolute Gasteiger partial charge is 0.496 e. The number of ketones is 1. The molecule has 0 aromatic heterocycles. The minimum Gasteiger partial charge on any atom is -0.496 e. The molecule has 1 aliphatic carbocycles. The molecule has 1 saturated carbocycles. The first-order chi connectivity index (χ1) is 16.2. The van der Waals surface area contributed by atoms with E-state index in [9.17, 15) is 9.59 Å². The van der Waals surface area contributed by atoms with E-state index in [2.05, 4.69) is 25.7 Å². The first-order valence-corrected chi connectivity index (χ1v) is 12.5. The second kappa shape index (κ2) is 13.1. The molecule has 4 nitrogen and oxygen atoms in total. The van der Waals surface area contributed by atoms with Crippen LogP contribution in [0.2, 0.25) is 0 Å². The monoisotopic (exact) mass is 463 g/mol. The maximum absolute atomic E-state index is 12.3. The van der Waals surface area contributed by atoms with Crippen LogP contribution in [0.25, 0.3) is 5.57 Å². The first kappa shape index (κ1) is 27.4. The first-order valence-electron chi connectivity index (χ1n) is 12.5. The van der Waals surface area contributed by atoms with Crippen LogP contribution in [0.4, 0.5) is 5.69 Å². The number of amides is 1. The maximum atomic E-state index is 12.3. The zero-order valence-electron chi connectivity index (χ0n) is 21.8. The van der Waals surface area contributed by atoms with Gasteiger partial charge in [0.2, 0.25) is 5.91 Å². The molecule has 0 aliphatic heterocycles. The van der Waals surface area contributed by atoms with Crippen molar-refractivity contribution in [2.24, 2.45) is 11.8 Å². The third kappa shape index (κ3) is 7.31. The highest BCUT2D eigenvalue weighted by molar-refractivity contribution is 5.96. The fraction of sp³-hybridized carbons (Fsp3) is 0.467. The van der Waals surface area contributed by atoms with Gasteiger partial charge in [-0.25, -0.2) is 0 Å². The van der Waals surface area contributed by atoms with E-state index in [0.717, 1.165) is 64.4 Å². The summed E-state index contributed by atoms with van der Waals surface area (Å²) in [4.78, 5) is 23.7. The molecular formula is C30H41NO3. The number of Topliss-reactive ketones (excluding diaryl/α,β-unsaturated/α-hetero) is 1. The summed E-state index contributed by atoms with van der Waals surface area (Å²) in [6.07, 6.45) is 6.53. The van der Waals surface area contributed by atoms with Crippen LogP contribution in [-0.4, -0.2) is 18.8 Å². The number of carbonyl (C=O) groups is 2. The van der Waals surface area contributed by atoms with E-state index in [1.54, 1.807) is 14.0 Å². The van der Waals surface area contributed by atoms with Gasteiger partial charge < -0.3 is 10.1 Å². The van der Waals surface area contributed by atoms with Gasteiger partial charge in [0, 0.05) is 23.2 Å². The average molecular weight is 464 g/mol. The molecule has 2 aromatic carbocycles. The van der Waals surface area contributed by atoms with E-state index in [-0.39, 0.29) is 17.6 Å². The summed E-state index contributed by atoms with van der Waals surface area (Å²) < 4.78 is 5.29. The smallest absolute Gasteiger partial charge is 0.227 e. The summed E-state index contributed by atoms with van der Waals surface area (Å²) in [5.74, 6) is 2.09. The Morgan fingerprint density at radius 3 is 2.21 bits per heavy atom. The maximum Gasteiger partial charge on any atom is 0.227 e. The van der Waals surface area contributed by atoms with Crippen molar-refractivity contribution in [2.75, 3.05) is 12.4 Å². The zero-order chi connectivity index (χ0) is 25.3. The predicted molar refractivity (Wildman–Crippen MR) is 143 cm³/mol. The van der Waals surface area contributed by atoms with E-state index in [1.165, 1.54) is 19.3 Å². The SMILES string of the molecule is C=C(C)c1cccc(C(C)=O)c1CC.CCC1CCC(C(=O)Nc2ccc(C)c(OC)c2)CC1. The van der Waals surface area contributed by atoms with Gasteiger partial charge in [0.25, 0.3) is 0 Å². The molecule has 184 valence electrons. The molecular weight excluding hydrogens is 422 g/mol. The van der Waals surface area contributed by atoms with Gasteiger partial charge >= 0.3 is 0 Å². The number of benzene rings is 2. The van der Waals surface area contributed by atoms with Crippen LogP contribution in [0, 0.1) is 18.8 Å². The Morgan fingerprint density at radius 1 is 1.03 bits per heavy atom. The molecule has 1 amide bonds. The van der Waals surface area contributed by atoms with Crippen LogP contribution in [0.1, 0.15) is 86.8 Å². The predicted octanol–water partition coefficient (Wildman–Crippen LogP) is 7.64. The minimum absolute atomic E-state index is 0.130. The van der Waals surface area contributed by atoms with Crippen molar-refractivity contribution >= 4 is 23.0 Å². The lowest BCUT2D eigenvalue weighted by Crippen LogP contribution is -2.27. The van der Waals surface area contributed by atoms with E-state index in [4.69, 9.17) is 4.74 Å². The fourth-order valence-corrected chi connectivity index (χ4v) is 4.67. The van der Waals surface area contributed by atoms with Crippen molar-refractivity contribution < 1.29 is 14.3 Å². The standard InChI is InChI=1S/C17H25NO2.C13H16O/c1-4-13-6-8-14(9-7-13)17(19)18-15-10-5-12(2)16(11-15)20-3;1-5-11-12(9(2)3)7-6-8-13(11)10(4)14/h5,10-11,13-14H,4,6-9H2,1-3H3,(H,18,19);6-8H,2,5H2,1,3-4H3. The molecule has 1 N–H and O–H groups in total. The number of anilines is 1. The van der Waals surface area contributed by atoms with Crippen molar-refractivity contribution in [1.29, 1.82) is 0 Å². The van der Waals surface area contributed by atoms with Crippen LogP contribution < -0.4 is 10.1 Å². The number of hydrogen-bond acceptors (Lipinski definition) is 3. The van der Waals surface area contributed by atoms with Gasteiger partial charge in [-0.2, -0.15) is 0 Å². The minimum atomic E-state index is 0.130. The topological polar surface area (TPSA) is 55.4 Å². The van der Waals surface area contributed by atoms with E-state index >= 15 is 0 Å². The van der Waals surface area contributed by atoms with Crippen LogP contribution >= 0.6 is 0 Å². The lowest BCUT2D eigenvalue weighted by molar-refractivity contribution is -0.121. The van der Waals surface area contributed by atoms with Gasteiger partial charge in [-0.15, -0.1) is 0 Å². The highest BCUT2D eigenvalue weighted by atomic mass is 16.5. The van der Waals surface area contributed by atoms with E-state index < -0.39 is 0 Å². The Bertz CT molecular complexity index is 968. The van der Waals surface area contributed by atoms with Crippen molar-refractivity contribution in [3.8, 4) is 5.75 Å². The van der Waals surface area contributed by atoms with E-state index in [1.807, 2.05) is 50.2 Å².